The molecule has 0 bridgehead atoms. The zero-order chi connectivity index (χ0) is 25.2. The molecule has 1 aliphatic rings. The molecule has 0 fully saturated rings. The molecule has 0 atom stereocenters. The molecule has 0 saturated carbocycles. The third-order valence-corrected chi connectivity index (χ3v) is 14.7. The van der Waals surface area contributed by atoms with Crippen molar-refractivity contribution in [2.75, 3.05) is 0 Å². The molecule has 0 amide bonds. The first kappa shape index (κ1) is 35.1. The Hall–Kier alpha value is -0.0957. The van der Waals surface area contributed by atoms with Crippen molar-refractivity contribution in [2.45, 2.75) is 144 Å². The summed E-state index contributed by atoms with van der Waals surface area (Å²) in [6, 6.07) is 0. The van der Waals surface area contributed by atoms with Crippen LogP contribution in [0.4, 0.5) is 0 Å². The minimum atomic E-state index is -1.64. The third kappa shape index (κ3) is 8.51. The van der Waals surface area contributed by atoms with Gasteiger partial charge in [0.2, 0.25) is 0 Å². The molecule has 1 nitrogen and oxygen atoms in total. The fraction of sp³-hybridized carbons (Fsp3) is 0.733. The number of hydrogen-bond donors (Lipinski definition) is 0. The molecule has 0 aromatic heterocycles. The second kappa shape index (κ2) is 15.1. The third-order valence-electron chi connectivity index (χ3n) is 7.90. The van der Waals surface area contributed by atoms with E-state index in [-0.39, 0.29) is 37.2 Å². The number of rotatable bonds is 10. The number of hydrogen-bond acceptors (Lipinski definition) is 1. The summed E-state index contributed by atoms with van der Waals surface area (Å²) in [4.78, 5) is 0. The molecule has 1 rings (SSSR count). The van der Waals surface area contributed by atoms with E-state index >= 15 is 0 Å². The van der Waals surface area contributed by atoms with Crippen LogP contribution in [0, 0.1) is 0 Å². The van der Waals surface area contributed by atoms with Crippen LogP contribution >= 0.6 is 7.05 Å². The van der Waals surface area contributed by atoms with Gasteiger partial charge in [-0.2, -0.15) is 0 Å². The quantitative estimate of drug-likeness (QED) is 0.158. The van der Waals surface area contributed by atoms with Gasteiger partial charge in [-0.25, -0.2) is 0 Å². The van der Waals surface area contributed by atoms with Gasteiger partial charge in [0.05, 0.1) is 0 Å². The predicted octanol–water partition coefficient (Wildman–Crippen LogP) is 11.3. The molecule has 0 saturated heterocycles. The summed E-state index contributed by atoms with van der Waals surface area (Å²) in [5, 5.41) is 0.778. The molecule has 0 unspecified atom stereocenters. The maximum Gasteiger partial charge on any atom is 0.0425 e. The Bertz CT molecular complexity index is 695. The smallest absolute Gasteiger partial charge is 0.0425 e. The first-order valence-electron chi connectivity index (χ1n) is 13.1. The summed E-state index contributed by atoms with van der Waals surface area (Å²) < 4.78 is 5.64. The van der Waals surface area contributed by atoms with Crippen LogP contribution in [0.15, 0.2) is 52.0 Å². The first-order chi connectivity index (χ1) is 14.7. The van der Waals surface area contributed by atoms with Gasteiger partial charge in [0.15, 0.2) is 0 Å². The Morgan fingerprint density at radius 1 is 0.788 bits per heavy atom. The van der Waals surface area contributed by atoms with Crippen molar-refractivity contribution in [3.05, 3.63) is 47.2 Å². The second-order valence-corrected chi connectivity index (χ2v) is 16.2. The van der Waals surface area contributed by atoms with Gasteiger partial charge in [-0.05, 0) is 59.1 Å². The van der Waals surface area contributed by atoms with E-state index < -0.39 is 7.05 Å². The molecule has 1 aliphatic carbocycles. The van der Waals surface area contributed by atoms with Crippen molar-refractivity contribution in [1.29, 1.82) is 0 Å². The Morgan fingerprint density at radius 2 is 1.15 bits per heavy atom. The van der Waals surface area contributed by atoms with Gasteiger partial charge < -0.3 is 0 Å². The van der Waals surface area contributed by atoms with Crippen LogP contribution in [0.1, 0.15) is 129 Å². The molecular formula is C30H56NPTi. The maximum atomic E-state index is 5.64. The van der Waals surface area contributed by atoms with E-state index in [1.54, 1.807) is 0 Å². The average Bonchev–Trinajstić information content (AvgIpc) is 3.25. The fourth-order valence-electron chi connectivity index (χ4n) is 5.19. The Labute approximate surface area is 224 Å². The van der Waals surface area contributed by atoms with Crippen LogP contribution in [0.25, 0.3) is 0 Å². The second-order valence-electron chi connectivity index (χ2n) is 11.1. The molecule has 190 valence electrons. The molecule has 0 N–H and O–H groups in total. The normalized spacial score (nSPS) is 15.5. The van der Waals surface area contributed by atoms with Crippen molar-refractivity contribution < 1.29 is 21.7 Å². The van der Waals surface area contributed by atoms with Gasteiger partial charge in [0.1, 0.15) is 0 Å². The molecular weight excluding hydrogens is 453 g/mol. The van der Waals surface area contributed by atoms with Gasteiger partial charge in [-0.1, -0.05) is 112 Å². The SMILES string of the molecule is CCC(C)(C)P(=NC1=CC=CC1)(C(C)(C)CC)C(C)(C)CC.CCC=C(C)C(C)=CCC.[Ti]. The summed E-state index contributed by atoms with van der Waals surface area (Å²) in [7, 11) is -1.64. The van der Waals surface area contributed by atoms with E-state index in [1.165, 1.54) is 36.1 Å². The van der Waals surface area contributed by atoms with Gasteiger partial charge >= 0.3 is 0 Å². The molecule has 0 aromatic rings. The van der Waals surface area contributed by atoms with Crippen LogP contribution in [0.2, 0.25) is 0 Å². The van der Waals surface area contributed by atoms with Crippen molar-refractivity contribution in [3.8, 4) is 0 Å². The van der Waals surface area contributed by atoms with Crippen molar-refractivity contribution in [2.24, 2.45) is 4.74 Å². The van der Waals surface area contributed by atoms with Crippen LogP contribution < -0.4 is 0 Å². The van der Waals surface area contributed by atoms with E-state index in [0.717, 1.165) is 19.3 Å². The van der Waals surface area contributed by atoms with Crippen LogP contribution in [-0.4, -0.2) is 15.5 Å². The molecule has 0 radical (unpaired) electrons. The largest absolute Gasteiger partial charge is 0.270 e. The molecule has 0 heterocycles. The van der Waals surface area contributed by atoms with Crippen LogP contribution in [0.5, 0.6) is 0 Å². The average molecular weight is 510 g/mol. The molecule has 33 heavy (non-hydrogen) atoms. The van der Waals surface area contributed by atoms with Gasteiger partial charge in [-0.15, -0.1) is 0 Å². The van der Waals surface area contributed by atoms with E-state index in [9.17, 15) is 0 Å². The Morgan fingerprint density at radius 3 is 1.39 bits per heavy atom. The summed E-state index contributed by atoms with van der Waals surface area (Å²) >= 11 is 0. The van der Waals surface area contributed by atoms with Crippen molar-refractivity contribution >= 4 is 7.05 Å². The van der Waals surface area contributed by atoms with E-state index in [4.69, 9.17) is 4.74 Å². The minimum Gasteiger partial charge on any atom is -0.270 e. The monoisotopic (exact) mass is 509 g/mol. The molecule has 3 heteroatoms. The topological polar surface area (TPSA) is 12.4 Å². The summed E-state index contributed by atoms with van der Waals surface area (Å²) in [6.07, 6.45) is 18.0. The van der Waals surface area contributed by atoms with Gasteiger partial charge in [-0.3, -0.25) is 4.74 Å². The minimum absolute atomic E-state index is 0. The maximum absolute atomic E-state index is 5.64. The summed E-state index contributed by atoms with van der Waals surface area (Å²) in [5.74, 6) is 0. The van der Waals surface area contributed by atoms with Crippen LogP contribution in [-0.2, 0) is 21.7 Å². The standard InChI is InChI=1S/C20H38NP.C10H18.Ti/c1-10-18(4,5)22(19(6,7)11-2,20(8,9)12-3)21-17-15-13-14-16-17;1-5-7-9(3)10(4)8-6-2;/h13-15H,10-12,16H2,1-9H3;7-8H,5-6H2,1-4H3;. The van der Waals surface area contributed by atoms with Gasteiger partial charge in [0, 0.05) is 49.3 Å². The molecule has 0 spiro atoms. The zero-order valence-corrected chi connectivity index (χ0v) is 27.0. The first-order valence-corrected chi connectivity index (χ1v) is 14.8. The van der Waals surface area contributed by atoms with Gasteiger partial charge in [0.25, 0.3) is 0 Å². The fourth-order valence-corrected chi connectivity index (χ4v) is 12.8. The van der Waals surface area contributed by atoms with Crippen molar-refractivity contribution in [1.82, 2.24) is 0 Å². The van der Waals surface area contributed by atoms with E-state index in [2.05, 4.69) is 120 Å². The van der Waals surface area contributed by atoms with Crippen LogP contribution in [0.3, 0.4) is 0 Å². The van der Waals surface area contributed by atoms with Crippen molar-refractivity contribution in [3.63, 3.8) is 0 Å². The Kier molecular flexibility index (Phi) is 16.1. The van der Waals surface area contributed by atoms with E-state index in [0.29, 0.717) is 0 Å². The summed E-state index contributed by atoms with van der Waals surface area (Å²) in [6.45, 7) is 30.6. The Balaban J connectivity index is 0. The number of nitrogens with zero attached hydrogens (tertiary/aromatic N) is 1. The number of allylic oxidation sites excluding steroid dienone is 7. The predicted molar refractivity (Wildman–Crippen MR) is 152 cm³/mol. The molecule has 0 aromatic carbocycles. The zero-order valence-electron chi connectivity index (χ0n) is 24.5. The molecule has 0 aliphatic heterocycles. The van der Waals surface area contributed by atoms with E-state index in [1.807, 2.05) is 0 Å². The summed E-state index contributed by atoms with van der Waals surface area (Å²) in [5.41, 5.74) is 4.15.